The Labute approximate surface area is 286 Å². The van der Waals surface area contributed by atoms with Gasteiger partial charge in [0.2, 0.25) is 9.84 Å². The molecular weight excluding hydrogens is 627 g/mol. The molecule has 0 radical (unpaired) electrons. The summed E-state index contributed by atoms with van der Waals surface area (Å²) in [4.78, 5) is 16.7. The third-order valence-electron chi connectivity index (χ3n) is 10.3. The van der Waals surface area contributed by atoms with Crippen molar-refractivity contribution < 1.29 is 13.2 Å². The number of benzene rings is 2. The summed E-state index contributed by atoms with van der Waals surface area (Å²) >= 11 is 1.66. The largest absolute Gasteiger partial charge is 0.488 e. The molecule has 10 heteroatoms. The van der Waals surface area contributed by atoms with Gasteiger partial charge in [-0.2, -0.15) is 0 Å². The molecule has 3 aliphatic rings. The lowest BCUT2D eigenvalue weighted by atomic mass is 9.96. The Morgan fingerprint density at radius 3 is 2.00 bits per heavy atom. The van der Waals surface area contributed by atoms with Gasteiger partial charge in [0.15, 0.2) is 0 Å². The highest BCUT2D eigenvalue weighted by Gasteiger charge is 2.34. The molecule has 2 aromatic carbocycles. The van der Waals surface area contributed by atoms with E-state index >= 15 is 0 Å². The van der Waals surface area contributed by atoms with Gasteiger partial charge in [0, 0.05) is 73.9 Å². The molecule has 47 heavy (non-hydrogen) atoms. The summed E-state index contributed by atoms with van der Waals surface area (Å²) in [5.41, 5.74) is 1.25. The average Bonchev–Trinajstić information content (AvgIpc) is 3.07. The van der Waals surface area contributed by atoms with E-state index in [4.69, 9.17) is 4.74 Å². The first-order valence-corrected chi connectivity index (χ1v) is 20.1. The number of likely N-dealkylation sites (tertiary alicyclic amines) is 1. The van der Waals surface area contributed by atoms with E-state index in [0.29, 0.717) is 23.9 Å². The van der Waals surface area contributed by atoms with Gasteiger partial charge in [-0.1, -0.05) is 0 Å². The number of piperazine rings is 1. The van der Waals surface area contributed by atoms with Gasteiger partial charge < -0.3 is 14.5 Å². The number of piperidine rings is 2. The monoisotopic (exact) mass is 679 g/mol. The molecule has 0 aliphatic carbocycles. The molecule has 256 valence electrons. The van der Waals surface area contributed by atoms with E-state index in [1.807, 2.05) is 26.8 Å². The Morgan fingerprint density at radius 2 is 1.43 bits per heavy atom. The Morgan fingerprint density at radius 1 is 0.830 bits per heavy atom. The molecule has 0 unspecified atom stereocenters. The topological polar surface area (TPSA) is 69.2 Å². The highest BCUT2D eigenvalue weighted by molar-refractivity contribution is 7.98. The van der Waals surface area contributed by atoms with Crippen molar-refractivity contribution >= 4 is 38.2 Å². The highest BCUT2D eigenvalue weighted by Crippen LogP contribution is 2.39. The maximum absolute atomic E-state index is 14.3. The van der Waals surface area contributed by atoms with Gasteiger partial charge in [-0.05, 0) is 122 Å². The fraction of sp³-hybridized carbons (Fsp3) is 0.595. The number of pyridine rings is 1. The number of aromatic nitrogens is 1. The van der Waals surface area contributed by atoms with Crippen LogP contribution in [-0.2, 0) is 9.84 Å². The molecule has 3 aromatic rings. The summed E-state index contributed by atoms with van der Waals surface area (Å²) in [6.45, 7) is 19.3. The first-order chi connectivity index (χ1) is 22.4. The number of thioether (sulfide) groups is 1. The molecule has 8 nitrogen and oxygen atoms in total. The number of ether oxygens (including phenoxy) is 1. The van der Waals surface area contributed by atoms with Crippen molar-refractivity contribution in [1.82, 2.24) is 19.7 Å². The second-order valence-corrected chi connectivity index (χ2v) is 17.5. The van der Waals surface area contributed by atoms with Crippen LogP contribution in [0.15, 0.2) is 63.3 Å². The van der Waals surface area contributed by atoms with Gasteiger partial charge in [-0.25, -0.2) is 8.42 Å². The van der Waals surface area contributed by atoms with E-state index in [-0.39, 0.29) is 15.4 Å². The maximum Gasteiger partial charge on any atom is 0.210 e. The number of hydrogen-bond acceptors (Lipinski definition) is 9. The van der Waals surface area contributed by atoms with Crippen LogP contribution in [0.3, 0.4) is 0 Å². The van der Waals surface area contributed by atoms with Crippen LogP contribution in [0, 0.1) is 0 Å². The number of nitrogens with zero attached hydrogens (tertiary/aromatic N) is 5. The van der Waals surface area contributed by atoms with E-state index < -0.39 is 9.84 Å². The van der Waals surface area contributed by atoms with E-state index in [1.165, 1.54) is 39.0 Å². The summed E-state index contributed by atoms with van der Waals surface area (Å²) in [5.74, 6) is 0.651. The fourth-order valence-corrected chi connectivity index (χ4v) is 9.52. The van der Waals surface area contributed by atoms with Gasteiger partial charge in [0.25, 0.3) is 0 Å². The lowest BCUT2D eigenvalue weighted by Gasteiger charge is -2.46. The van der Waals surface area contributed by atoms with Crippen molar-refractivity contribution in [3.8, 4) is 5.75 Å². The Hall–Kier alpha value is -2.37. The van der Waals surface area contributed by atoms with Crippen LogP contribution in [0.5, 0.6) is 5.75 Å². The molecule has 4 heterocycles. The van der Waals surface area contributed by atoms with Crippen molar-refractivity contribution in [3.05, 3.63) is 48.7 Å². The second-order valence-electron chi connectivity index (χ2n) is 14.7. The van der Waals surface area contributed by atoms with Crippen LogP contribution in [0.25, 0.3) is 10.9 Å². The molecule has 3 saturated heterocycles. The zero-order chi connectivity index (χ0) is 33.3. The maximum atomic E-state index is 14.3. The van der Waals surface area contributed by atoms with Crippen LogP contribution in [0.2, 0.25) is 0 Å². The van der Waals surface area contributed by atoms with Gasteiger partial charge in [-0.15, -0.1) is 11.8 Å². The van der Waals surface area contributed by atoms with E-state index in [1.54, 1.807) is 42.2 Å². The van der Waals surface area contributed by atoms with Gasteiger partial charge in [0.1, 0.15) is 16.2 Å². The number of anilines is 1. The fourth-order valence-electron chi connectivity index (χ4n) is 7.65. The Kier molecular flexibility index (Phi) is 10.4. The Bertz CT molecular complexity index is 1620. The van der Waals surface area contributed by atoms with Gasteiger partial charge >= 0.3 is 0 Å². The number of fused-ring (bicyclic) bond motifs is 1. The molecule has 0 atom stereocenters. The molecule has 1 aromatic heterocycles. The number of rotatable bonds is 8. The van der Waals surface area contributed by atoms with E-state index in [9.17, 15) is 8.42 Å². The van der Waals surface area contributed by atoms with E-state index in [0.717, 1.165) is 60.5 Å². The molecule has 0 bridgehead atoms. The predicted molar refractivity (Wildman–Crippen MR) is 194 cm³/mol. The smallest absolute Gasteiger partial charge is 0.210 e. The summed E-state index contributed by atoms with van der Waals surface area (Å²) in [6.07, 6.45) is 8.18. The number of sulfone groups is 1. The van der Waals surface area contributed by atoms with Crippen molar-refractivity contribution in [2.45, 2.75) is 98.7 Å². The Balaban J connectivity index is 1.18. The quantitative estimate of drug-likeness (QED) is 0.251. The molecule has 0 spiro atoms. The van der Waals surface area contributed by atoms with Crippen LogP contribution < -0.4 is 9.64 Å². The second kappa shape index (κ2) is 14.2. The third-order valence-corrected chi connectivity index (χ3v) is 12.7. The predicted octanol–water partition coefficient (Wildman–Crippen LogP) is 6.43. The first-order valence-electron chi connectivity index (χ1n) is 17.4. The van der Waals surface area contributed by atoms with Crippen LogP contribution in [-0.4, -0.2) is 110 Å². The molecule has 0 N–H and O–H groups in total. The molecule has 0 amide bonds. The minimum Gasteiger partial charge on any atom is -0.488 e. The first kappa shape index (κ1) is 34.5. The minimum atomic E-state index is -3.83. The average molecular weight is 680 g/mol. The summed E-state index contributed by atoms with van der Waals surface area (Å²) in [6, 6.07) is 14.9. The van der Waals surface area contributed by atoms with Crippen LogP contribution >= 0.6 is 11.8 Å². The van der Waals surface area contributed by atoms with Gasteiger partial charge in [-0.3, -0.25) is 14.8 Å². The standard InChI is InChI=1S/C37H53N5O3S2/c1-27(2)39-21-23-41(24-22-39)29-13-17-40(18-14-29)28-15-19-42(20-16-28)36-33-25-31(46-6)9-12-34(33)38-26-35(36)47(43,44)32-10-7-30(8-11-32)45-37(3,4)5/h7-12,25-29H,13-24H2,1-6H3. The normalized spacial score (nSPS) is 20.4. The summed E-state index contributed by atoms with van der Waals surface area (Å²) in [5, 5.41) is 0.905. The van der Waals surface area contributed by atoms with Crippen LogP contribution in [0.1, 0.15) is 60.3 Å². The molecule has 0 saturated carbocycles. The zero-order valence-corrected chi connectivity index (χ0v) is 30.7. The van der Waals surface area contributed by atoms with Gasteiger partial charge in [0.05, 0.1) is 16.1 Å². The number of hydrogen-bond donors (Lipinski definition) is 0. The molecule has 3 fully saturated rings. The minimum absolute atomic E-state index is 0.255. The van der Waals surface area contributed by atoms with E-state index in [2.05, 4.69) is 56.8 Å². The lowest BCUT2D eigenvalue weighted by Crippen LogP contribution is -2.56. The lowest BCUT2D eigenvalue weighted by molar-refractivity contribution is 0.0359. The zero-order valence-electron chi connectivity index (χ0n) is 29.1. The van der Waals surface area contributed by atoms with Crippen LogP contribution in [0.4, 0.5) is 5.69 Å². The summed E-state index contributed by atoms with van der Waals surface area (Å²) in [7, 11) is -3.83. The third kappa shape index (κ3) is 7.77. The SMILES string of the molecule is CSc1ccc2ncc(S(=O)(=O)c3ccc(OC(C)(C)C)cc3)c(N3CCC(N4CCC(N5CCN(C(C)C)CC5)CC4)CC3)c2c1. The van der Waals surface area contributed by atoms with Crippen molar-refractivity contribution in [2.75, 3.05) is 63.5 Å². The van der Waals surface area contributed by atoms with Crippen molar-refractivity contribution in [2.24, 2.45) is 0 Å². The summed E-state index contributed by atoms with van der Waals surface area (Å²) < 4.78 is 34.5. The highest BCUT2D eigenvalue weighted by atomic mass is 32.2. The molecule has 3 aliphatic heterocycles. The molecular formula is C37H53N5O3S2. The van der Waals surface area contributed by atoms with Crippen molar-refractivity contribution in [3.63, 3.8) is 0 Å². The molecule has 6 rings (SSSR count). The van der Waals surface area contributed by atoms with Crippen molar-refractivity contribution in [1.29, 1.82) is 0 Å².